The maximum Gasteiger partial charge on any atom is 0.326 e. The molecule has 7 nitrogen and oxygen atoms in total. The molecule has 33 heavy (non-hydrogen) atoms. The van der Waals surface area contributed by atoms with Crippen molar-refractivity contribution in [1.29, 1.82) is 5.26 Å². The molecule has 1 fully saturated rings. The topological polar surface area (TPSA) is 87.7 Å². The Morgan fingerprint density at radius 1 is 1.30 bits per heavy atom. The Kier molecular flexibility index (Phi) is 5.40. The van der Waals surface area contributed by atoms with Crippen molar-refractivity contribution < 1.29 is 9.18 Å². The molecule has 8 heteroatoms. The summed E-state index contributed by atoms with van der Waals surface area (Å²) in [6.07, 6.45) is 5.01. The molecular weight excluding hydrogens is 419 g/mol. The Morgan fingerprint density at radius 3 is 2.94 bits per heavy atom. The molecule has 1 aliphatic heterocycles. The fourth-order valence-corrected chi connectivity index (χ4v) is 4.41. The van der Waals surface area contributed by atoms with E-state index in [9.17, 15) is 9.18 Å². The van der Waals surface area contributed by atoms with Crippen LogP contribution in [0, 0.1) is 17.1 Å². The molecule has 1 atom stereocenters. The zero-order chi connectivity index (χ0) is 22.9. The highest BCUT2D eigenvalue weighted by atomic mass is 19.1. The molecule has 0 bridgehead atoms. The molecule has 1 saturated heterocycles. The van der Waals surface area contributed by atoms with Crippen molar-refractivity contribution in [2.75, 3.05) is 13.1 Å². The quantitative estimate of drug-likeness (QED) is 0.506. The van der Waals surface area contributed by atoms with Crippen molar-refractivity contribution in [3.05, 3.63) is 77.4 Å². The van der Waals surface area contributed by atoms with Gasteiger partial charge in [-0.2, -0.15) is 10.4 Å². The Hall–Kier alpha value is -3.96. The smallest absolute Gasteiger partial charge is 0.326 e. The summed E-state index contributed by atoms with van der Waals surface area (Å²) in [4.78, 5) is 13.2. The van der Waals surface area contributed by atoms with Crippen LogP contribution in [0.2, 0.25) is 0 Å². The van der Waals surface area contributed by atoms with Gasteiger partial charge in [0.25, 0.3) is 0 Å². The van der Waals surface area contributed by atoms with Gasteiger partial charge in [-0.3, -0.25) is 9.25 Å². The van der Waals surface area contributed by atoms with E-state index in [1.165, 1.54) is 12.1 Å². The first-order valence-corrected chi connectivity index (χ1v) is 10.9. The van der Waals surface area contributed by atoms with Gasteiger partial charge in [-0.15, -0.1) is 0 Å². The van der Waals surface area contributed by atoms with Crippen LogP contribution in [0.15, 0.2) is 54.9 Å². The number of rotatable bonds is 4. The summed E-state index contributed by atoms with van der Waals surface area (Å²) in [5.41, 5.74) is 4.15. The van der Waals surface area contributed by atoms with Crippen LogP contribution in [-0.2, 0) is 13.5 Å². The van der Waals surface area contributed by atoms with Crippen molar-refractivity contribution in [3.8, 4) is 17.3 Å². The number of halogens is 1. The zero-order valence-corrected chi connectivity index (χ0v) is 18.2. The third-order valence-electron chi connectivity index (χ3n) is 6.02. The molecule has 0 radical (unpaired) electrons. The summed E-state index contributed by atoms with van der Waals surface area (Å²) in [6, 6.07) is 14.2. The van der Waals surface area contributed by atoms with Crippen LogP contribution in [0.4, 0.5) is 9.18 Å². The van der Waals surface area contributed by atoms with E-state index in [4.69, 9.17) is 5.26 Å². The molecule has 2 N–H and O–H groups in total. The first kappa shape index (κ1) is 20.9. The van der Waals surface area contributed by atoms with Crippen LogP contribution in [0.5, 0.6) is 0 Å². The highest BCUT2D eigenvalue weighted by Gasteiger charge is 2.22. The standard InChI is InChI=1S/C25H23FN6O/c1-31-15-20-12-17(4-5-23(20)30-31)24-18(10-16-2-3-19(13-27)22(26)11-16)7-9-32(24)25(33)29-21-6-8-28-14-21/h2-5,7,9,11-12,15,21,28H,6,8,10,14H2,1H3,(H,29,33)/t21-/m1/s1. The number of nitriles is 1. The number of hydrogen-bond donors (Lipinski definition) is 2. The first-order valence-electron chi connectivity index (χ1n) is 10.9. The molecule has 166 valence electrons. The number of benzene rings is 2. The van der Waals surface area contributed by atoms with Crippen LogP contribution in [0.25, 0.3) is 22.2 Å². The summed E-state index contributed by atoms with van der Waals surface area (Å²) in [5, 5.41) is 20.8. The van der Waals surface area contributed by atoms with Crippen molar-refractivity contribution in [3.63, 3.8) is 0 Å². The summed E-state index contributed by atoms with van der Waals surface area (Å²) in [5.74, 6) is -0.542. The number of carbonyl (C=O) groups is 1. The number of aromatic nitrogens is 3. The van der Waals surface area contributed by atoms with E-state index in [2.05, 4.69) is 15.7 Å². The average molecular weight is 442 g/mol. The third kappa shape index (κ3) is 4.11. The second kappa shape index (κ2) is 8.52. The fraction of sp³-hybridized carbons (Fsp3) is 0.240. The molecule has 5 rings (SSSR count). The van der Waals surface area contributed by atoms with Crippen molar-refractivity contribution in [2.24, 2.45) is 7.05 Å². The second-order valence-corrected chi connectivity index (χ2v) is 8.38. The molecule has 2 aromatic carbocycles. The lowest BCUT2D eigenvalue weighted by atomic mass is 9.99. The van der Waals surface area contributed by atoms with Gasteiger partial charge in [-0.25, -0.2) is 9.18 Å². The van der Waals surface area contributed by atoms with Gasteiger partial charge in [0, 0.05) is 37.4 Å². The predicted octanol–water partition coefficient (Wildman–Crippen LogP) is 3.56. The highest BCUT2D eigenvalue weighted by molar-refractivity contribution is 5.88. The van der Waals surface area contributed by atoms with E-state index >= 15 is 0 Å². The minimum absolute atomic E-state index is 0.0168. The van der Waals surface area contributed by atoms with Gasteiger partial charge < -0.3 is 10.6 Å². The van der Waals surface area contributed by atoms with E-state index in [1.54, 1.807) is 21.5 Å². The van der Waals surface area contributed by atoms with Crippen molar-refractivity contribution in [2.45, 2.75) is 18.9 Å². The molecule has 2 aromatic heterocycles. The second-order valence-electron chi connectivity index (χ2n) is 8.38. The normalized spacial score (nSPS) is 15.6. The summed E-state index contributed by atoms with van der Waals surface area (Å²) < 4.78 is 17.6. The number of hydrogen-bond acceptors (Lipinski definition) is 4. The number of fused-ring (bicyclic) bond motifs is 1. The van der Waals surface area contributed by atoms with Crippen LogP contribution < -0.4 is 10.6 Å². The zero-order valence-electron chi connectivity index (χ0n) is 18.2. The SMILES string of the molecule is Cn1cc2cc(-c3c(Cc4ccc(C#N)c(F)c4)ccn3C(=O)N[C@@H]3CCNC3)ccc2n1. The Bertz CT molecular complexity index is 1390. The van der Waals surface area contributed by atoms with Crippen LogP contribution in [0.3, 0.4) is 0 Å². The Balaban J connectivity index is 1.56. The lowest BCUT2D eigenvalue weighted by Gasteiger charge is -2.15. The largest absolute Gasteiger partial charge is 0.333 e. The highest BCUT2D eigenvalue weighted by Crippen LogP contribution is 2.30. The molecule has 0 spiro atoms. The predicted molar refractivity (Wildman–Crippen MR) is 123 cm³/mol. The van der Waals surface area contributed by atoms with E-state index in [1.807, 2.05) is 43.6 Å². The van der Waals surface area contributed by atoms with Gasteiger partial charge in [-0.05, 0) is 66.4 Å². The molecule has 1 amide bonds. The number of aryl methyl sites for hydroxylation is 1. The number of nitrogens with zero attached hydrogens (tertiary/aromatic N) is 4. The minimum atomic E-state index is -0.542. The molecule has 0 unspecified atom stereocenters. The molecule has 4 aromatic rings. The third-order valence-corrected chi connectivity index (χ3v) is 6.02. The van der Waals surface area contributed by atoms with E-state index in [0.29, 0.717) is 6.42 Å². The van der Waals surface area contributed by atoms with Crippen molar-refractivity contribution >= 4 is 16.9 Å². The van der Waals surface area contributed by atoms with Gasteiger partial charge in [0.05, 0.1) is 16.8 Å². The number of carbonyl (C=O) groups excluding carboxylic acids is 1. The minimum Gasteiger partial charge on any atom is -0.333 e. The Morgan fingerprint density at radius 2 is 2.18 bits per heavy atom. The van der Waals surface area contributed by atoms with Crippen LogP contribution in [-0.4, -0.2) is 39.5 Å². The first-order chi connectivity index (χ1) is 16.0. The van der Waals surface area contributed by atoms with E-state index < -0.39 is 5.82 Å². The lowest BCUT2D eigenvalue weighted by Crippen LogP contribution is -2.38. The maximum absolute atomic E-state index is 14.2. The monoisotopic (exact) mass is 442 g/mol. The summed E-state index contributed by atoms with van der Waals surface area (Å²) in [6.45, 7) is 1.64. The fourth-order valence-electron chi connectivity index (χ4n) is 4.41. The summed E-state index contributed by atoms with van der Waals surface area (Å²) in [7, 11) is 1.87. The maximum atomic E-state index is 14.2. The number of nitrogens with one attached hydrogen (secondary N) is 2. The molecule has 1 aliphatic rings. The molecule has 0 aliphatic carbocycles. The van der Waals surface area contributed by atoms with E-state index in [-0.39, 0.29) is 17.6 Å². The van der Waals surface area contributed by atoms with Crippen LogP contribution in [0.1, 0.15) is 23.1 Å². The van der Waals surface area contributed by atoms with Gasteiger partial charge in [0.1, 0.15) is 11.9 Å². The van der Waals surface area contributed by atoms with Crippen molar-refractivity contribution in [1.82, 2.24) is 25.0 Å². The lowest BCUT2D eigenvalue weighted by molar-refractivity contribution is 0.239. The van der Waals surface area contributed by atoms with Gasteiger partial charge in [0.2, 0.25) is 0 Å². The molecular formula is C25H23FN6O. The number of amides is 1. The molecule has 3 heterocycles. The summed E-state index contributed by atoms with van der Waals surface area (Å²) >= 11 is 0. The Labute approximate surface area is 190 Å². The molecule has 0 saturated carbocycles. The van der Waals surface area contributed by atoms with Crippen LogP contribution >= 0.6 is 0 Å². The van der Waals surface area contributed by atoms with Gasteiger partial charge >= 0.3 is 6.03 Å². The van der Waals surface area contributed by atoms with Gasteiger partial charge in [0.15, 0.2) is 0 Å². The van der Waals surface area contributed by atoms with Gasteiger partial charge in [-0.1, -0.05) is 12.1 Å². The average Bonchev–Trinajstić information content (AvgIpc) is 3.52. The van der Waals surface area contributed by atoms with E-state index in [0.717, 1.165) is 52.8 Å².